The summed E-state index contributed by atoms with van der Waals surface area (Å²) in [7, 11) is -3.97. The highest BCUT2D eigenvalue weighted by molar-refractivity contribution is 7.89. The number of sulfonamides is 1. The smallest absolute Gasteiger partial charge is 0.207 e. The molecule has 1 fully saturated rings. The van der Waals surface area contributed by atoms with Crippen molar-refractivity contribution in [1.82, 2.24) is 4.31 Å². The molecule has 2 rings (SSSR count). The van der Waals surface area contributed by atoms with Crippen molar-refractivity contribution in [2.24, 2.45) is 5.92 Å². The summed E-state index contributed by atoms with van der Waals surface area (Å²) >= 11 is 5.51. The van der Waals surface area contributed by atoms with Crippen molar-refractivity contribution in [3.63, 3.8) is 0 Å². The standard InChI is InChI=1S/C14H18ClF2NO2S/c1-2-7-18(9-10-3-4-10)21(19,20)13-6-5-12(16)11(8-15)14(13)17/h5-6,10H,2-4,7-9H2,1H3. The van der Waals surface area contributed by atoms with E-state index in [2.05, 4.69) is 0 Å². The summed E-state index contributed by atoms with van der Waals surface area (Å²) in [6.45, 7) is 2.58. The average molecular weight is 338 g/mol. The third kappa shape index (κ3) is 3.55. The topological polar surface area (TPSA) is 37.4 Å². The molecule has 1 aromatic carbocycles. The molecule has 0 amide bonds. The fraction of sp³-hybridized carbons (Fsp3) is 0.571. The lowest BCUT2D eigenvalue weighted by Crippen LogP contribution is -2.34. The van der Waals surface area contributed by atoms with Crippen molar-refractivity contribution in [1.29, 1.82) is 0 Å². The number of benzene rings is 1. The molecule has 1 aliphatic rings. The molecular weight excluding hydrogens is 320 g/mol. The van der Waals surface area contributed by atoms with Gasteiger partial charge in [-0.25, -0.2) is 17.2 Å². The molecule has 21 heavy (non-hydrogen) atoms. The van der Waals surface area contributed by atoms with Crippen LogP contribution in [0.1, 0.15) is 31.7 Å². The van der Waals surface area contributed by atoms with Gasteiger partial charge in [0.05, 0.1) is 5.88 Å². The van der Waals surface area contributed by atoms with Gasteiger partial charge in [-0.2, -0.15) is 4.31 Å². The number of hydrogen-bond acceptors (Lipinski definition) is 2. The van der Waals surface area contributed by atoms with Crippen LogP contribution in [0.5, 0.6) is 0 Å². The zero-order valence-electron chi connectivity index (χ0n) is 11.8. The molecule has 0 aliphatic heterocycles. The number of alkyl halides is 1. The maximum atomic E-state index is 14.3. The van der Waals surface area contributed by atoms with Crippen molar-refractivity contribution in [2.45, 2.75) is 37.0 Å². The molecular formula is C14H18ClF2NO2S. The van der Waals surface area contributed by atoms with Crippen molar-refractivity contribution in [3.8, 4) is 0 Å². The van der Waals surface area contributed by atoms with Crippen LogP contribution in [0.3, 0.4) is 0 Å². The Morgan fingerprint density at radius 1 is 1.33 bits per heavy atom. The van der Waals surface area contributed by atoms with Crippen LogP contribution < -0.4 is 0 Å². The van der Waals surface area contributed by atoms with Gasteiger partial charge in [0.1, 0.15) is 10.7 Å². The average Bonchev–Trinajstić information content (AvgIpc) is 3.22. The highest BCUT2D eigenvalue weighted by Crippen LogP contribution is 2.32. The normalized spacial score (nSPS) is 15.7. The largest absolute Gasteiger partial charge is 0.246 e. The van der Waals surface area contributed by atoms with E-state index in [1.54, 1.807) is 0 Å². The van der Waals surface area contributed by atoms with Gasteiger partial charge in [-0.15, -0.1) is 11.6 Å². The molecule has 1 aliphatic carbocycles. The second kappa shape index (κ2) is 6.58. The third-order valence-corrected chi connectivity index (χ3v) is 5.68. The predicted octanol–water partition coefficient (Wildman–Crippen LogP) is 3.51. The van der Waals surface area contributed by atoms with E-state index in [1.165, 1.54) is 4.31 Å². The number of nitrogens with zero attached hydrogens (tertiary/aromatic N) is 1. The van der Waals surface area contributed by atoms with Crippen LogP contribution in [0.25, 0.3) is 0 Å². The predicted molar refractivity (Wildman–Crippen MR) is 77.7 cm³/mol. The van der Waals surface area contributed by atoms with E-state index >= 15 is 0 Å². The lowest BCUT2D eigenvalue weighted by molar-refractivity contribution is 0.392. The van der Waals surface area contributed by atoms with Crippen molar-refractivity contribution < 1.29 is 17.2 Å². The lowest BCUT2D eigenvalue weighted by Gasteiger charge is -2.22. The van der Waals surface area contributed by atoms with Gasteiger partial charge in [-0.1, -0.05) is 6.92 Å². The molecule has 1 saturated carbocycles. The number of halogens is 3. The summed E-state index contributed by atoms with van der Waals surface area (Å²) < 4.78 is 54.2. The van der Waals surface area contributed by atoms with Gasteiger partial charge in [0, 0.05) is 18.7 Å². The lowest BCUT2D eigenvalue weighted by atomic mass is 10.2. The minimum absolute atomic E-state index is 0.325. The molecule has 0 N–H and O–H groups in total. The molecule has 3 nitrogen and oxygen atoms in total. The first-order valence-corrected chi connectivity index (χ1v) is 8.92. The molecule has 0 heterocycles. The van der Waals surface area contributed by atoms with Gasteiger partial charge in [0.25, 0.3) is 0 Å². The van der Waals surface area contributed by atoms with Crippen molar-refractivity contribution in [2.75, 3.05) is 13.1 Å². The number of rotatable bonds is 7. The summed E-state index contributed by atoms with van der Waals surface area (Å²) in [6, 6.07) is 1.93. The van der Waals surface area contributed by atoms with Crippen LogP contribution in [-0.4, -0.2) is 25.8 Å². The fourth-order valence-corrected chi connectivity index (χ4v) is 4.13. The molecule has 0 unspecified atom stereocenters. The fourth-order valence-electron chi connectivity index (χ4n) is 2.18. The van der Waals surface area contributed by atoms with Crippen LogP contribution in [-0.2, 0) is 15.9 Å². The monoisotopic (exact) mass is 337 g/mol. The van der Waals surface area contributed by atoms with Crippen LogP contribution in [0.15, 0.2) is 17.0 Å². The van der Waals surface area contributed by atoms with Crippen LogP contribution in [0, 0.1) is 17.6 Å². The minimum atomic E-state index is -3.97. The molecule has 0 atom stereocenters. The zero-order chi connectivity index (χ0) is 15.6. The second-order valence-electron chi connectivity index (χ2n) is 5.28. The molecule has 0 aromatic heterocycles. The summed E-state index contributed by atoms with van der Waals surface area (Å²) in [5, 5.41) is 0. The minimum Gasteiger partial charge on any atom is -0.207 e. The Bertz CT molecular complexity index is 618. The Balaban J connectivity index is 2.41. The van der Waals surface area contributed by atoms with Crippen molar-refractivity contribution >= 4 is 21.6 Å². The first-order chi connectivity index (χ1) is 9.91. The Morgan fingerprint density at radius 2 is 2.00 bits per heavy atom. The molecule has 7 heteroatoms. The highest BCUT2D eigenvalue weighted by atomic mass is 35.5. The molecule has 0 saturated heterocycles. The van der Waals surface area contributed by atoms with E-state index < -0.39 is 38.0 Å². The van der Waals surface area contributed by atoms with E-state index in [4.69, 9.17) is 11.6 Å². The first kappa shape index (κ1) is 16.6. The summed E-state index contributed by atoms with van der Waals surface area (Å²) in [5.74, 6) is -1.97. The van der Waals surface area contributed by atoms with E-state index in [0.717, 1.165) is 25.0 Å². The quantitative estimate of drug-likeness (QED) is 0.714. The maximum Gasteiger partial charge on any atom is 0.246 e. The Morgan fingerprint density at radius 3 is 2.52 bits per heavy atom. The van der Waals surface area contributed by atoms with Crippen LogP contribution >= 0.6 is 11.6 Å². The van der Waals surface area contributed by atoms with E-state index in [-0.39, 0.29) is 0 Å². The van der Waals surface area contributed by atoms with E-state index in [9.17, 15) is 17.2 Å². The molecule has 118 valence electrons. The van der Waals surface area contributed by atoms with Gasteiger partial charge < -0.3 is 0 Å². The Hall–Kier alpha value is -0.720. The molecule has 0 radical (unpaired) electrons. The third-order valence-electron chi connectivity index (χ3n) is 3.53. The zero-order valence-corrected chi connectivity index (χ0v) is 13.4. The van der Waals surface area contributed by atoms with Crippen LogP contribution in [0.2, 0.25) is 0 Å². The molecule has 0 spiro atoms. The molecule has 1 aromatic rings. The van der Waals surface area contributed by atoms with Gasteiger partial charge in [-0.3, -0.25) is 0 Å². The highest BCUT2D eigenvalue weighted by Gasteiger charge is 2.33. The summed E-state index contributed by atoms with van der Waals surface area (Å²) in [6.07, 6.45) is 2.63. The van der Waals surface area contributed by atoms with Gasteiger partial charge in [0.15, 0.2) is 5.82 Å². The van der Waals surface area contributed by atoms with Crippen LogP contribution in [0.4, 0.5) is 8.78 Å². The SMILES string of the molecule is CCCN(CC1CC1)S(=O)(=O)c1ccc(F)c(CCl)c1F. The second-order valence-corrected chi connectivity index (χ2v) is 7.45. The summed E-state index contributed by atoms with van der Waals surface area (Å²) in [4.78, 5) is -0.492. The van der Waals surface area contributed by atoms with Gasteiger partial charge in [-0.05, 0) is 37.3 Å². The van der Waals surface area contributed by atoms with Gasteiger partial charge in [0.2, 0.25) is 10.0 Å². The maximum absolute atomic E-state index is 14.3. The Labute approximate surface area is 129 Å². The van der Waals surface area contributed by atoms with E-state index in [1.807, 2.05) is 6.92 Å². The van der Waals surface area contributed by atoms with Gasteiger partial charge >= 0.3 is 0 Å². The first-order valence-electron chi connectivity index (χ1n) is 6.94. The number of hydrogen-bond donors (Lipinski definition) is 0. The Kier molecular flexibility index (Phi) is 5.22. The van der Waals surface area contributed by atoms with Crippen molar-refractivity contribution in [3.05, 3.63) is 29.3 Å². The summed E-state index contributed by atoms with van der Waals surface area (Å²) in [5.41, 5.74) is -0.402. The molecule has 0 bridgehead atoms. The van der Waals surface area contributed by atoms with E-state index in [0.29, 0.717) is 25.4 Å².